The van der Waals surface area contributed by atoms with Crippen LogP contribution < -0.4 is 4.74 Å². The molecular weight excluding hydrogens is 369 g/mol. The molecule has 0 saturated carbocycles. The average molecular weight is 387 g/mol. The highest BCUT2D eigenvalue weighted by molar-refractivity contribution is 6.04. The maximum atomic E-state index is 13.7. The average Bonchev–Trinajstić information content (AvgIpc) is 3.04. The third kappa shape index (κ3) is 3.94. The summed E-state index contributed by atoms with van der Waals surface area (Å²) in [7, 11) is 1.62. The van der Waals surface area contributed by atoms with Gasteiger partial charge in [-0.1, -0.05) is 12.1 Å². The van der Waals surface area contributed by atoms with Crippen molar-refractivity contribution in [2.75, 3.05) is 7.11 Å². The van der Waals surface area contributed by atoms with Gasteiger partial charge in [0.25, 0.3) is 0 Å². The first kappa shape index (κ1) is 18.6. The number of aliphatic carboxylic acids is 1. The second kappa shape index (κ2) is 7.72. The monoisotopic (exact) mass is 387 g/mol. The SMILES string of the molecule is COc1ccc(-c2cccc(/C=C3\C=C(CC(=O)O)c4cc(F)ccc43)n2)cc1. The Morgan fingerprint density at radius 2 is 1.90 bits per heavy atom. The van der Waals surface area contributed by atoms with Crippen LogP contribution in [0.3, 0.4) is 0 Å². The highest BCUT2D eigenvalue weighted by Gasteiger charge is 2.21. The van der Waals surface area contributed by atoms with E-state index in [0.29, 0.717) is 11.1 Å². The number of aromatic nitrogens is 1. The van der Waals surface area contributed by atoms with Crippen LogP contribution in [-0.2, 0) is 4.79 Å². The molecule has 0 atom stereocenters. The van der Waals surface area contributed by atoms with E-state index in [4.69, 9.17) is 14.8 Å². The van der Waals surface area contributed by atoms with Crippen LogP contribution in [0.1, 0.15) is 23.2 Å². The third-order valence-corrected chi connectivity index (χ3v) is 4.77. The molecule has 0 saturated heterocycles. The van der Waals surface area contributed by atoms with Crippen LogP contribution >= 0.6 is 0 Å². The Hall–Kier alpha value is -3.73. The first-order valence-electron chi connectivity index (χ1n) is 9.09. The van der Waals surface area contributed by atoms with Crippen LogP contribution in [0.5, 0.6) is 5.75 Å². The van der Waals surface area contributed by atoms with Gasteiger partial charge in [0.05, 0.1) is 24.9 Å². The Morgan fingerprint density at radius 1 is 1.10 bits per heavy atom. The number of hydrogen-bond donors (Lipinski definition) is 1. The zero-order valence-electron chi connectivity index (χ0n) is 15.7. The molecule has 1 aliphatic carbocycles. The number of carbonyl (C=O) groups is 1. The van der Waals surface area contributed by atoms with Crippen molar-refractivity contribution in [1.82, 2.24) is 4.98 Å². The van der Waals surface area contributed by atoms with Crippen molar-refractivity contribution in [2.45, 2.75) is 6.42 Å². The van der Waals surface area contributed by atoms with Gasteiger partial charge in [-0.25, -0.2) is 9.37 Å². The number of carboxylic acids is 1. The molecule has 0 spiro atoms. The highest BCUT2D eigenvalue weighted by Crippen LogP contribution is 2.38. The van der Waals surface area contributed by atoms with Crippen molar-refractivity contribution in [3.63, 3.8) is 0 Å². The molecule has 4 rings (SSSR count). The summed E-state index contributed by atoms with van der Waals surface area (Å²) in [6.07, 6.45) is 3.52. The minimum Gasteiger partial charge on any atom is -0.497 e. The summed E-state index contributed by atoms with van der Waals surface area (Å²) >= 11 is 0. The van der Waals surface area contributed by atoms with E-state index in [-0.39, 0.29) is 12.2 Å². The van der Waals surface area contributed by atoms with Gasteiger partial charge in [-0.3, -0.25) is 4.79 Å². The molecule has 0 radical (unpaired) electrons. The standard InChI is InChI=1S/C24H18FNO3/c1-29-20-8-5-15(6-9-20)23-4-2-3-19(26-23)12-16-11-17(13-24(27)28)22-14-18(25)7-10-21(16)22/h2-12,14H,13H2,1H3,(H,27,28)/b16-12+. The van der Waals surface area contributed by atoms with Gasteiger partial charge in [-0.2, -0.15) is 0 Å². The smallest absolute Gasteiger partial charge is 0.307 e. The Balaban J connectivity index is 1.72. The maximum Gasteiger partial charge on any atom is 0.307 e. The van der Waals surface area contributed by atoms with Crippen LogP contribution in [0.25, 0.3) is 28.5 Å². The predicted molar refractivity (Wildman–Crippen MR) is 111 cm³/mol. The quantitative estimate of drug-likeness (QED) is 0.645. The minimum absolute atomic E-state index is 0.160. The van der Waals surface area contributed by atoms with Gasteiger partial charge >= 0.3 is 5.97 Å². The lowest BCUT2D eigenvalue weighted by molar-refractivity contribution is -0.135. The van der Waals surface area contributed by atoms with E-state index in [9.17, 15) is 9.18 Å². The first-order chi connectivity index (χ1) is 14.0. The molecule has 0 bridgehead atoms. The third-order valence-electron chi connectivity index (χ3n) is 4.77. The number of hydrogen-bond acceptors (Lipinski definition) is 3. The fourth-order valence-electron chi connectivity index (χ4n) is 3.42. The molecule has 29 heavy (non-hydrogen) atoms. The van der Waals surface area contributed by atoms with E-state index in [1.54, 1.807) is 19.3 Å². The Kier molecular flexibility index (Phi) is 4.96. The lowest BCUT2D eigenvalue weighted by Crippen LogP contribution is -1.96. The summed E-state index contributed by atoms with van der Waals surface area (Å²) in [5.41, 5.74) is 5.33. The van der Waals surface area contributed by atoms with Gasteiger partial charge in [-0.05, 0) is 83.0 Å². The van der Waals surface area contributed by atoms with E-state index in [1.165, 1.54) is 12.1 Å². The molecular formula is C24H18FNO3. The summed E-state index contributed by atoms with van der Waals surface area (Å²) in [5.74, 6) is -0.564. The number of pyridine rings is 1. The van der Waals surface area contributed by atoms with Crippen LogP contribution in [0.4, 0.5) is 4.39 Å². The number of carboxylic acid groups (broad SMARTS) is 1. The number of allylic oxidation sites excluding steroid dienone is 2. The molecule has 0 amide bonds. The number of halogens is 1. The van der Waals surface area contributed by atoms with Crippen molar-refractivity contribution in [2.24, 2.45) is 0 Å². The normalized spacial score (nSPS) is 13.9. The molecule has 1 aromatic heterocycles. The number of nitrogens with zero attached hydrogens (tertiary/aromatic N) is 1. The fraction of sp³-hybridized carbons (Fsp3) is 0.0833. The molecule has 0 unspecified atom stereocenters. The summed E-state index contributed by atoms with van der Waals surface area (Å²) in [6, 6.07) is 17.8. The van der Waals surface area contributed by atoms with Gasteiger partial charge in [0.15, 0.2) is 0 Å². The molecule has 144 valence electrons. The Morgan fingerprint density at radius 3 is 2.62 bits per heavy atom. The van der Waals surface area contributed by atoms with E-state index < -0.39 is 5.97 Å². The van der Waals surface area contributed by atoms with E-state index in [1.807, 2.05) is 48.5 Å². The summed E-state index contributed by atoms with van der Waals surface area (Å²) in [5, 5.41) is 9.17. The van der Waals surface area contributed by atoms with E-state index in [0.717, 1.165) is 33.8 Å². The predicted octanol–water partition coefficient (Wildman–Crippen LogP) is 5.31. The molecule has 3 aromatic rings. The van der Waals surface area contributed by atoms with E-state index in [2.05, 4.69) is 0 Å². The van der Waals surface area contributed by atoms with E-state index >= 15 is 0 Å². The largest absolute Gasteiger partial charge is 0.497 e. The van der Waals surface area contributed by atoms with Crippen LogP contribution in [-0.4, -0.2) is 23.2 Å². The summed E-state index contributed by atoms with van der Waals surface area (Å²) in [4.78, 5) is 15.9. The molecule has 1 aliphatic rings. The number of ether oxygens (including phenoxy) is 1. The second-order valence-corrected chi connectivity index (χ2v) is 6.71. The van der Waals surface area contributed by atoms with Crippen molar-refractivity contribution in [3.05, 3.63) is 89.4 Å². The lowest BCUT2D eigenvalue weighted by Gasteiger charge is -2.06. The molecule has 2 aromatic carbocycles. The number of methoxy groups -OCH3 is 1. The Labute approximate surface area is 167 Å². The number of benzene rings is 2. The second-order valence-electron chi connectivity index (χ2n) is 6.71. The van der Waals surface area contributed by atoms with Gasteiger partial charge < -0.3 is 9.84 Å². The summed E-state index contributed by atoms with van der Waals surface area (Å²) < 4.78 is 18.9. The molecule has 0 fully saturated rings. The Bertz CT molecular complexity index is 1150. The lowest BCUT2D eigenvalue weighted by atomic mass is 10.0. The fourth-order valence-corrected chi connectivity index (χ4v) is 3.42. The van der Waals surface area contributed by atoms with Gasteiger partial charge in [0.1, 0.15) is 11.6 Å². The highest BCUT2D eigenvalue weighted by atomic mass is 19.1. The molecule has 4 nitrogen and oxygen atoms in total. The van der Waals surface area contributed by atoms with Crippen molar-refractivity contribution in [3.8, 4) is 17.0 Å². The molecule has 1 N–H and O–H groups in total. The maximum absolute atomic E-state index is 13.7. The zero-order chi connectivity index (χ0) is 20.4. The van der Waals surface area contributed by atoms with Gasteiger partial charge in [0.2, 0.25) is 0 Å². The molecule has 5 heteroatoms. The van der Waals surface area contributed by atoms with Crippen molar-refractivity contribution >= 4 is 23.2 Å². The van der Waals surface area contributed by atoms with Crippen LogP contribution in [0.15, 0.2) is 66.7 Å². The minimum atomic E-state index is -0.952. The summed E-state index contributed by atoms with van der Waals surface area (Å²) in [6.45, 7) is 0. The van der Waals surface area contributed by atoms with Crippen LogP contribution in [0, 0.1) is 5.82 Å². The van der Waals surface area contributed by atoms with Crippen molar-refractivity contribution < 1.29 is 19.0 Å². The zero-order valence-corrected chi connectivity index (χ0v) is 15.7. The number of fused-ring (bicyclic) bond motifs is 1. The van der Waals surface area contributed by atoms with Gasteiger partial charge in [-0.15, -0.1) is 0 Å². The topological polar surface area (TPSA) is 59.4 Å². The number of rotatable bonds is 5. The molecule has 0 aliphatic heterocycles. The molecule has 1 heterocycles. The van der Waals surface area contributed by atoms with Gasteiger partial charge in [0, 0.05) is 5.56 Å². The first-order valence-corrected chi connectivity index (χ1v) is 9.09. The van der Waals surface area contributed by atoms with Crippen molar-refractivity contribution in [1.29, 1.82) is 0 Å². The van der Waals surface area contributed by atoms with Crippen LogP contribution in [0.2, 0.25) is 0 Å².